The highest BCUT2D eigenvalue weighted by atomic mass is 16.5. The molecule has 1 unspecified atom stereocenters. The van der Waals surface area contributed by atoms with Crippen LogP contribution in [0.25, 0.3) is 0 Å². The number of benzene rings is 2. The van der Waals surface area contributed by atoms with E-state index in [9.17, 15) is 4.79 Å². The van der Waals surface area contributed by atoms with E-state index in [0.717, 1.165) is 29.8 Å². The molecular formula is C17H19NO2. The summed E-state index contributed by atoms with van der Waals surface area (Å²) >= 11 is 0. The maximum absolute atomic E-state index is 10.5. The number of hydrogen-bond donors (Lipinski definition) is 1. The maximum atomic E-state index is 10.5. The molecule has 2 heterocycles. The first-order valence-electron chi connectivity index (χ1n) is 6.69. The first kappa shape index (κ1) is 14.3. The SMILES string of the molecule is CC(C=O)c1ccccc1CN.c1cc2ccc1CO2. The van der Waals surface area contributed by atoms with E-state index in [4.69, 9.17) is 10.5 Å². The summed E-state index contributed by atoms with van der Waals surface area (Å²) in [6, 6.07) is 15.9. The van der Waals surface area contributed by atoms with Crippen molar-refractivity contribution >= 4 is 6.29 Å². The van der Waals surface area contributed by atoms with Crippen LogP contribution in [0.5, 0.6) is 5.75 Å². The fourth-order valence-corrected chi connectivity index (χ4v) is 2.09. The predicted molar refractivity (Wildman–Crippen MR) is 79.6 cm³/mol. The molecule has 0 radical (unpaired) electrons. The molecule has 0 amide bonds. The first-order valence-corrected chi connectivity index (χ1v) is 6.69. The Morgan fingerprint density at radius 2 is 1.90 bits per heavy atom. The summed E-state index contributed by atoms with van der Waals surface area (Å²) in [4.78, 5) is 10.5. The van der Waals surface area contributed by atoms with Gasteiger partial charge in [0.25, 0.3) is 0 Å². The standard InChI is InChI=1S/C10H13NO.C7H6O/c1-8(7-12)10-5-3-2-4-9(10)6-11;1-3-7-4-2-6(1)5-8-7/h2-5,7-8H,6,11H2,1H3;1-4H,5H2. The van der Waals surface area contributed by atoms with E-state index in [1.54, 1.807) is 0 Å². The second-order valence-electron chi connectivity index (χ2n) is 4.76. The van der Waals surface area contributed by atoms with Crippen molar-refractivity contribution in [2.75, 3.05) is 0 Å². The number of fused-ring (bicyclic) bond motifs is 3. The fourth-order valence-electron chi connectivity index (χ4n) is 2.09. The minimum atomic E-state index is -0.0512. The first-order chi connectivity index (χ1) is 9.74. The highest BCUT2D eigenvalue weighted by Crippen LogP contribution is 2.19. The third-order valence-electron chi connectivity index (χ3n) is 3.30. The highest BCUT2D eigenvalue weighted by molar-refractivity contribution is 5.62. The average Bonchev–Trinajstić information content (AvgIpc) is 2.56. The maximum Gasteiger partial charge on any atom is 0.127 e. The number of rotatable bonds is 3. The summed E-state index contributed by atoms with van der Waals surface area (Å²) in [6.45, 7) is 3.14. The zero-order valence-electron chi connectivity index (χ0n) is 11.6. The molecule has 20 heavy (non-hydrogen) atoms. The summed E-state index contributed by atoms with van der Waals surface area (Å²) in [5, 5.41) is 0. The van der Waals surface area contributed by atoms with E-state index >= 15 is 0 Å². The Hall–Kier alpha value is -2.13. The molecule has 0 fully saturated rings. The van der Waals surface area contributed by atoms with Gasteiger partial charge in [-0.15, -0.1) is 0 Å². The minimum Gasteiger partial charge on any atom is -0.489 e. The number of aldehydes is 1. The molecule has 4 rings (SSSR count). The summed E-state index contributed by atoms with van der Waals surface area (Å²) in [7, 11) is 0. The molecule has 2 aromatic rings. The molecule has 104 valence electrons. The Labute approximate surface area is 119 Å². The van der Waals surface area contributed by atoms with Gasteiger partial charge in [0.15, 0.2) is 0 Å². The second-order valence-corrected chi connectivity index (χ2v) is 4.76. The van der Waals surface area contributed by atoms with Gasteiger partial charge in [-0.2, -0.15) is 0 Å². The zero-order valence-corrected chi connectivity index (χ0v) is 11.6. The van der Waals surface area contributed by atoms with Crippen LogP contribution in [0.4, 0.5) is 0 Å². The normalized spacial score (nSPS) is 12.9. The van der Waals surface area contributed by atoms with Crippen LogP contribution in [-0.4, -0.2) is 6.29 Å². The van der Waals surface area contributed by atoms with Crippen LogP contribution in [0.2, 0.25) is 0 Å². The molecule has 2 aromatic carbocycles. The molecule has 0 aromatic heterocycles. The fraction of sp³-hybridized carbons (Fsp3) is 0.235. The Kier molecular flexibility index (Phi) is 4.91. The topological polar surface area (TPSA) is 52.3 Å². The molecule has 3 heteroatoms. The van der Waals surface area contributed by atoms with Crippen LogP contribution in [0.1, 0.15) is 29.5 Å². The van der Waals surface area contributed by atoms with Crippen LogP contribution >= 0.6 is 0 Å². The predicted octanol–water partition coefficient (Wildman–Crippen LogP) is 3.03. The molecule has 0 spiro atoms. The molecule has 2 aliphatic heterocycles. The van der Waals surface area contributed by atoms with E-state index in [-0.39, 0.29) is 5.92 Å². The van der Waals surface area contributed by atoms with Gasteiger partial charge in [-0.05, 0) is 28.8 Å². The lowest BCUT2D eigenvalue weighted by Gasteiger charge is -2.11. The lowest BCUT2D eigenvalue weighted by molar-refractivity contribution is -0.108. The monoisotopic (exact) mass is 269 g/mol. The van der Waals surface area contributed by atoms with Crippen molar-refractivity contribution in [3.05, 3.63) is 65.2 Å². The second kappa shape index (κ2) is 6.87. The van der Waals surface area contributed by atoms with E-state index in [1.807, 2.05) is 43.3 Å². The number of ether oxygens (including phenoxy) is 1. The van der Waals surface area contributed by atoms with E-state index in [1.165, 1.54) is 5.56 Å². The van der Waals surface area contributed by atoms with Gasteiger partial charge in [-0.25, -0.2) is 0 Å². The Morgan fingerprint density at radius 3 is 2.30 bits per heavy atom. The van der Waals surface area contributed by atoms with Gasteiger partial charge in [0.05, 0.1) is 0 Å². The quantitative estimate of drug-likeness (QED) is 0.871. The molecule has 0 saturated carbocycles. The van der Waals surface area contributed by atoms with E-state index in [0.29, 0.717) is 6.54 Å². The Balaban J connectivity index is 0.000000157. The number of carbonyl (C=O) groups is 1. The average molecular weight is 269 g/mol. The molecular weight excluding hydrogens is 250 g/mol. The summed E-state index contributed by atoms with van der Waals surface area (Å²) in [5.41, 5.74) is 8.88. The van der Waals surface area contributed by atoms with Crippen molar-refractivity contribution in [2.45, 2.75) is 26.0 Å². The molecule has 2 N–H and O–H groups in total. The van der Waals surface area contributed by atoms with Gasteiger partial charge in [-0.3, -0.25) is 0 Å². The van der Waals surface area contributed by atoms with Crippen LogP contribution in [-0.2, 0) is 17.9 Å². The Morgan fingerprint density at radius 1 is 1.20 bits per heavy atom. The molecule has 2 aliphatic rings. The van der Waals surface area contributed by atoms with Gasteiger partial charge in [0.1, 0.15) is 18.6 Å². The third kappa shape index (κ3) is 3.45. The molecule has 0 aliphatic carbocycles. The molecule has 2 bridgehead atoms. The van der Waals surface area contributed by atoms with Gasteiger partial charge in [0, 0.05) is 12.5 Å². The third-order valence-corrected chi connectivity index (χ3v) is 3.30. The van der Waals surface area contributed by atoms with Crippen LogP contribution in [0.15, 0.2) is 48.5 Å². The van der Waals surface area contributed by atoms with Crippen molar-refractivity contribution in [1.82, 2.24) is 0 Å². The van der Waals surface area contributed by atoms with Crippen LogP contribution in [0.3, 0.4) is 0 Å². The summed E-state index contributed by atoms with van der Waals surface area (Å²) in [5.74, 6) is 0.935. The lowest BCUT2D eigenvalue weighted by atomic mass is 9.97. The van der Waals surface area contributed by atoms with E-state index in [2.05, 4.69) is 12.1 Å². The molecule has 1 atom stereocenters. The number of carbonyl (C=O) groups excluding carboxylic acids is 1. The minimum absolute atomic E-state index is 0.0512. The van der Waals surface area contributed by atoms with Gasteiger partial charge in [-0.1, -0.05) is 43.3 Å². The van der Waals surface area contributed by atoms with E-state index < -0.39 is 0 Å². The smallest absolute Gasteiger partial charge is 0.127 e. The van der Waals surface area contributed by atoms with Crippen molar-refractivity contribution in [3.8, 4) is 5.75 Å². The zero-order chi connectivity index (χ0) is 14.4. The van der Waals surface area contributed by atoms with Crippen molar-refractivity contribution in [3.63, 3.8) is 0 Å². The number of nitrogens with two attached hydrogens (primary N) is 1. The summed E-state index contributed by atoms with van der Waals surface area (Å²) in [6.07, 6.45) is 0.939. The lowest BCUT2D eigenvalue weighted by Crippen LogP contribution is -2.04. The largest absolute Gasteiger partial charge is 0.489 e. The van der Waals surface area contributed by atoms with Crippen molar-refractivity contribution < 1.29 is 9.53 Å². The van der Waals surface area contributed by atoms with Gasteiger partial charge < -0.3 is 15.3 Å². The summed E-state index contributed by atoms with van der Waals surface area (Å²) < 4.78 is 5.18. The van der Waals surface area contributed by atoms with Crippen LogP contribution in [0, 0.1) is 0 Å². The number of hydrogen-bond acceptors (Lipinski definition) is 3. The highest BCUT2D eigenvalue weighted by Gasteiger charge is 2.06. The molecule has 0 saturated heterocycles. The Bertz CT molecular complexity index is 540. The van der Waals surface area contributed by atoms with Crippen molar-refractivity contribution in [1.29, 1.82) is 0 Å². The van der Waals surface area contributed by atoms with Crippen LogP contribution < -0.4 is 10.5 Å². The van der Waals surface area contributed by atoms with Gasteiger partial charge in [0.2, 0.25) is 0 Å². The van der Waals surface area contributed by atoms with Crippen molar-refractivity contribution in [2.24, 2.45) is 5.73 Å². The van der Waals surface area contributed by atoms with Gasteiger partial charge >= 0.3 is 0 Å². The molecule has 3 nitrogen and oxygen atoms in total.